The molecule has 0 spiro atoms. The van der Waals surface area contributed by atoms with Crippen molar-refractivity contribution in [3.8, 4) is 11.5 Å². The molecule has 0 N–H and O–H groups in total. The maximum atomic E-state index is 12.7. The third kappa shape index (κ3) is 3.76. The number of benzene rings is 1. The van der Waals surface area contributed by atoms with E-state index in [0.717, 1.165) is 19.3 Å². The Kier molecular flexibility index (Phi) is 4.98. The summed E-state index contributed by atoms with van der Waals surface area (Å²) in [5.74, 6) is 0.723. The van der Waals surface area contributed by atoms with Crippen LogP contribution < -0.4 is 0 Å². The molecule has 3 heterocycles. The Morgan fingerprint density at radius 1 is 1.15 bits per heavy atom. The van der Waals surface area contributed by atoms with Gasteiger partial charge in [-0.2, -0.15) is 9.29 Å². The maximum Gasteiger partial charge on any atom is 0.262 e. The molecule has 0 atom stereocenters. The summed E-state index contributed by atoms with van der Waals surface area (Å²) in [5, 5.41) is 4.50. The van der Waals surface area contributed by atoms with Gasteiger partial charge in [0.05, 0.1) is 23.5 Å². The Hall–Kier alpha value is -2.23. The minimum Gasteiger partial charge on any atom is -0.334 e. The Bertz CT molecular complexity index is 1040. The Balaban J connectivity index is 1.51. The Labute approximate surface area is 161 Å². The second-order valence-electron chi connectivity index (χ2n) is 6.34. The van der Waals surface area contributed by atoms with E-state index in [-0.39, 0.29) is 11.6 Å². The first-order chi connectivity index (χ1) is 13.0. The van der Waals surface area contributed by atoms with Crippen LogP contribution in [0.1, 0.15) is 25.1 Å². The molecule has 1 fully saturated rings. The van der Waals surface area contributed by atoms with Crippen LogP contribution >= 0.6 is 11.6 Å². The topological polar surface area (TPSA) is 94.1 Å². The van der Waals surface area contributed by atoms with Crippen LogP contribution in [0.25, 0.3) is 11.5 Å². The molecule has 1 saturated heterocycles. The fourth-order valence-electron chi connectivity index (χ4n) is 3.02. The van der Waals surface area contributed by atoms with Crippen LogP contribution in [0, 0.1) is 0 Å². The summed E-state index contributed by atoms with van der Waals surface area (Å²) >= 11 is 6.14. The van der Waals surface area contributed by atoms with Crippen LogP contribution in [0.2, 0.25) is 5.02 Å². The fraction of sp³-hybridized carbons (Fsp3) is 0.353. The van der Waals surface area contributed by atoms with Crippen molar-refractivity contribution in [2.75, 3.05) is 13.1 Å². The monoisotopic (exact) mass is 407 g/mol. The molecule has 0 amide bonds. The molecule has 8 nitrogen and oxygen atoms in total. The van der Waals surface area contributed by atoms with Crippen molar-refractivity contribution in [1.82, 2.24) is 24.0 Å². The average molecular weight is 408 g/mol. The van der Waals surface area contributed by atoms with Gasteiger partial charge in [0, 0.05) is 19.3 Å². The molecule has 0 unspecified atom stereocenters. The van der Waals surface area contributed by atoms with Gasteiger partial charge in [0.15, 0.2) is 10.9 Å². The Morgan fingerprint density at radius 2 is 1.93 bits per heavy atom. The molecule has 27 heavy (non-hydrogen) atoms. The lowest BCUT2D eigenvalue weighted by atomic mass is 10.2. The number of aromatic nitrogens is 4. The zero-order valence-corrected chi connectivity index (χ0v) is 16.0. The van der Waals surface area contributed by atoms with Crippen molar-refractivity contribution in [3.05, 3.63) is 47.6 Å². The second kappa shape index (κ2) is 7.41. The van der Waals surface area contributed by atoms with E-state index >= 15 is 0 Å². The summed E-state index contributed by atoms with van der Waals surface area (Å²) in [6.07, 6.45) is 5.78. The average Bonchev–Trinajstić information content (AvgIpc) is 3.33. The first kappa shape index (κ1) is 18.1. The third-order valence-electron chi connectivity index (χ3n) is 4.43. The summed E-state index contributed by atoms with van der Waals surface area (Å²) in [6, 6.07) is 7.19. The van der Waals surface area contributed by atoms with Crippen LogP contribution in [-0.2, 0) is 16.6 Å². The first-order valence-corrected chi connectivity index (χ1v) is 10.5. The highest BCUT2D eigenvalue weighted by molar-refractivity contribution is 7.89. The number of hydrogen-bond acceptors (Lipinski definition) is 6. The molecule has 0 saturated carbocycles. The molecule has 3 aromatic rings. The van der Waals surface area contributed by atoms with Gasteiger partial charge >= 0.3 is 0 Å². The van der Waals surface area contributed by atoms with Gasteiger partial charge in [-0.25, -0.2) is 13.4 Å². The predicted molar refractivity (Wildman–Crippen MR) is 98.7 cm³/mol. The first-order valence-electron chi connectivity index (χ1n) is 8.63. The van der Waals surface area contributed by atoms with Crippen molar-refractivity contribution in [1.29, 1.82) is 0 Å². The number of halogens is 1. The van der Waals surface area contributed by atoms with Crippen LogP contribution in [0.3, 0.4) is 0 Å². The SMILES string of the molecule is O=S(=O)(c1cn(Cc2noc(-c3ccccc3Cl)n2)cn1)N1CCCCC1. The zero-order valence-electron chi connectivity index (χ0n) is 14.5. The van der Waals surface area contributed by atoms with Crippen molar-refractivity contribution < 1.29 is 12.9 Å². The quantitative estimate of drug-likeness (QED) is 0.645. The smallest absolute Gasteiger partial charge is 0.262 e. The zero-order chi connectivity index (χ0) is 18.9. The summed E-state index contributed by atoms with van der Waals surface area (Å²) < 4.78 is 33.7. The van der Waals surface area contributed by atoms with E-state index in [4.69, 9.17) is 16.1 Å². The molecule has 4 rings (SSSR count). The number of rotatable bonds is 5. The summed E-state index contributed by atoms with van der Waals surface area (Å²) in [6.45, 7) is 1.33. The summed E-state index contributed by atoms with van der Waals surface area (Å²) in [4.78, 5) is 8.39. The van der Waals surface area contributed by atoms with Gasteiger partial charge < -0.3 is 9.09 Å². The van der Waals surface area contributed by atoms with Crippen molar-refractivity contribution >= 4 is 21.6 Å². The van der Waals surface area contributed by atoms with Crippen LogP contribution in [0.15, 0.2) is 46.3 Å². The lowest BCUT2D eigenvalue weighted by Gasteiger charge is -2.24. The maximum absolute atomic E-state index is 12.7. The molecule has 1 aliphatic heterocycles. The molecule has 1 aromatic carbocycles. The molecular weight excluding hydrogens is 390 g/mol. The summed E-state index contributed by atoms with van der Waals surface area (Å²) in [7, 11) is -3.56. The summed E-state index contributed by atoms with van der Waals surface area (Å²) in [5.41, 5.74) is 0.650. The molecule has 142 valence electrons. The molecule has 0 bridgehead atoms. The number of hydrogen-bond donors (Lipinski definition) is 0. The van der Waals surface area contributed by atoms with E-state index in [1.165, 1.54) is 16.8 Å². The number of sulfonamides is 1. The highest BCUT2D eigenvalue weighted by Gasteiger charge is 2.28. The minimum absolute atomic E-state index is 0.0409. The highest BCUT2D eigenvalue weighted by atomic mass is 35.5. The molecule has 1 aliphatic rings. The van der Waals surface area contributed by atoms with Gasteiger partial charge in [0.2, 0.25) is 0 Å². The van der Waals surface area contributed by atoms with Crippen molar-refractivity contribution in [2.24, 2.45) is 0 Å². The normalized spacial score (nSPS) is 15.9. The second-order valence-corrected chi connectivity index (χ2v) is 8.64. The van der Waals surface area contributed by atoms with Crippen molar-refractivity contribution in [3.63, 3.8) is 0 Å². The third-order valence-corrected chi connectivity index (χ3v) is 6.54. The molecule has 0 radical (unpaired) electrons. The lowest BCUT2D eigenvalue weighted by Crippen LogP contribution is -2.35. The van der Waals surface area contributed by atoms with Crippen LogP contribution in [-0.4, -0.2) is 45.5 Å². The molecule has 0 aliphatic carbocycles. The predicted octanol–water partition coefficient (Wildman–Crippen LogP) is 2.81. The van der Waals surface area contributed by atoms with E-state index in [2.05, 4.69) is 15.1 Å². The standard InChI is InChI=1S/C17H18ClN5O3S/c18-14-7-3-2-6-13(14)17-20-15(21-26-17)10-22-11-16(19-12-22)27(24,25)23-8-4-1-5-9-23/h2-3,6-7,11-12H,1,4-5,8-10H2. The van der Waals surface area contributed by atoms with E-state index in [1.54, 1.807) is 16.7 Å². The number of imidazole rings is 1. The Morgan fingerprint density at radius 3 is 2.70 bits per heavy atom. The number of nitrogens with zero attached hydrogens (tertiary/aromatic N) is 5. The van der Waals surface area contributed by atoms with Crippen LogP contribution in [0.5, 0.6) is 0 Å². The highest BCUT2D eigenvalue weighted by Crippen LogP contribution is 2.26. The molecule has 10 heteroatoms. The number of piperidine rings is 1. The van der Waals surface area contributed by atoms with Crippen LogP contribution in [0.4, 0.5) is 0 Å². The van der Waals surface area contributed by atoms with Gasteiger partial charge in [-0.15, -0.1) is 0 Å². The lowest BCUT2D eigenvalue weighted by molar-refractivity contribution is 0.345. The minimum atomic E-state index is -3.56. The largest absolute Gasteiger partial charge is 0.334 e. The fourth-order valence-corrected chi connectivity index (χ4v) is 4.69. The van der Waals surface area contributed by atoms with Gasteiger partial charge in [-0.3, -0.25) is 0 Å². The van der Waals surface area contributed by atoms with Crippen molar-refractivity contribution in [2.45, 2.75) is 30.8 Å². The van der Waals surface area contributed by atoms with Gasteiger partial charge in [0.1, 0.15) is 0 Å². The van der Waals surface area contributed by atoms with Gasteiger partial charge in [0.25, 0.3) is 15.9 Å². The van der Waals surface area contributed by atoms with E-state index in [9.17, 15) is 8.42 Å². The molecule has 2 aromatic heterocycles. The van der Waals surface area contributed by atoms with Gasteiger partial charge in [-0.05, 0) is 25.0 Å². The van der Waals surface area contributed by atoms with Gasteiger partial charge in [-0.1, -0.05) is 35.3 Å². The van der Waals surface area contributed by atoms with E-state index in [1.807, 2.05) is 12.1 Å². The van der Waals surface area contributed by atoms with E-state index < -0.39 is 10.0 Å². The van der Waals surface area contributed by atoms with E-state index in [0.29, 0.717) is 35.4 Å². The molecular formula is C17H18ClN5O3S.